The molecule has 1 fully saturated rings. The highest BCUT2D eigenvalue weighted by atomic mass is 35.5. The zero-order valence-corrected chi connectivity index (χ0v) is 13.0. The van der Waals surface area contributed by atoms with Gasteiger partial charge in [0.1, 0.15) is 18.5 Å². The average Bonchev–Trinajstić information content (AvgIpc) is 2.46. The van der Waals surface area contributed by atoms with Crippen LogP contribution in [0, 0.1) is 0 Å². The first-order valence-electron chi connectivity index (χ1n) is 6.88. The van der Waals surface area contributed by atoms with Crippen molar-refractivity contribution in [1.82, 2.24) is 4.90 Å². The lowest BCUT2D eigenvalue weighted by molar-refractivity contribution is 0.00457. The highest BCUT2D eigenvalue weighted by molar-refractivity contribution is 5.96. The van der Waals surface area contributed by atoms with Crippen LogP contribution in [0.5, 0.6) is 5.75 Å². The van der Waals surface area contributed by atoms with E-state index >= 15 is 0 Å². The Hall–Kier alpha value is -1.14. The predicted molar refractivity (Wildman–Crippen MR) is 82.5 cm³/mol. The number of β-amino-alcohol motifs (C(OH)–C–C–N with tert-alkyl or cyclic N) is 1. The molecular weight excluding hydrogens is 294 g/mol. The van der Waals surface area contributed by atoms with Crippen molar-refractivity contribution >= 4 is 18.2 Å². The first kappa shape index (κ1) is 17.9. The molecule has 2 rings (SSSR count). The maximum absolute atomic E-state index is 11.5. The van der Waals surface area contributed by atoms with E-state index in [0.29, 0.717) is 31.1 Å². The predicted octanol–water partition coefficient (Wildman–Crippen LogP) is 1.38. The van der Waals surface area contributed by atoms with E-state index in [1.165, 1.54) is 6.92 Å². The average molecular weight is 316 g/mol. The number of hydrogen-bond acceptors (Lipinski definition) is 5. The van der Waals surface area contributed by atoms with Crippen molar-refractivity contribution in [1.29, 1.82) is 0 Å². The number of hydrogen-bond donors (Lipinski definition) is 1. The zero-order chi connectivity index (χ0) is 14.4. The van der Waals surface area contributed by atoms with Gasteiger partial charge < -0.3 is 14.6 Å². The van der Waals surface area contributed by atoms with Gasteiger partial charge in [-0.25, -0.2) is 0 Å². The van der Waals surface area contributed by atoms with Gasteiger partial charge in [-0.1, -0.05) is 12.1 Å². The number of carbonyl (C=O) groups is 1. The van der Waals surface area contributed by atoms with Crippen LogP contribution in [0.2, 0.25) is 0 Å². The van der Waals surface area contributed by atoms with Crippen LogP contribution < -0.4 is 4.74 Å². The quantitative estimate of drug-likeness (QED) is 0.804. The lowest BCUT2D eigenvalue weighted by atomic mass is 10.1. The van der Waals surface area contributed by atoms with E-state index in [4.69, 9.17) is 9.47 Å². The molecule has 0 saturated carbocycles. The molecule has 6 heteroatoms. The Morgan fingerprint density at radius 1 is 1.38 bits per heavy atom. The number of morpholine rings is 1. The Balaban J connectivity index is 0.00000220. The number of aliphatic hydroxyl groups excluding tert-OH is 1. The number of ketones is 1. The van der Waals surface area contributed by atoms with Crippen molar-refractivity contribution < 1.29 is 19.4 Å². The van der Waals surface area contributed by atoms with Gasteiger partial charge in [-0.05, 0) is 19.1 Å². The number of rotatable bonds is 6. The number of Topliss-reactive ketones (excluding diaryl/α,β-unsaturated/α-hetero) is 1. The van der Waals surface area contributed by atoms with Crippen LogP contribution >= 0.6 is 12.4 Å². The summed E-state index contributed by atoms with van der Waals surface area (Å²) in [5, 5.41) is 10.00. The number of halogens is 1. The Kier molecular flexibility index (Phi) is 7.67. The second kappa shape index (κ2) is 9.00. The van der Waals surface area contributed by atoms with E-state index in [-0.39, 0.29) is 24.8 Å². The van der Waals surface area contributed by atoms with Gasteiger partial charge in [-0.15, -0.1) is 12.4 Å². The molecule has 21 heavy (non-hydrogen) atoms. The molecule has 1 unspecified atom stereocenters. The Morgan fingerprint density at radius 2 is 2.05 bits per heavy atom. The van der Waals surface area contributed by atoms with Gasteiger partial charge in [0.15, 0.2) is 5.78 Å². The van der Waals surface area contributed by atoms with E-state index in [2.05, 4.69) is 4.90 Å². The molecule has 0 spiro atoms. The third-order valence-electron chi connectivity index (χ3n) is 3.27. The number of para-hydroxylation sites is 1. The fourth-order valence-electron chi connectivity index (χ4n) is 2.20. The summed E-state index contributed by atoms with van der Waals surface area (Å²) in [6.45, 7) is 5.34. The summed E-state index contributed by atoms with van der Waals surface area (Å²) < 4.78 is 10.8. The van der Waals surface area contributed by atoms with Crippen molar-refractivity contribution in [2.75, 3.05) is 39.5 Å². The van der Waals surface area contributed by atoms with Gasteiger partial charge >= 0.3 is 0 Å². The summed E-state index contributed by atoms with van der Waals surface area (Å²) in [5.74, 6) is 0.490. The van der Waals surface area contributed by atoms with Crippen LogP contribution in [0.4, 0.5) is 0 Å². The smallest absolute Gasteiger partial charge is 0.163 e. The normalized spacial score (nSPS) is 16.9. The molecule has 1 saturated heterocycles. The van der Waals surface area contributed by atoms with Gasteiger partial charge in [-0.2, -0.15) is 0 Å². The largest absolute Gasteiger partial charge is 0.490 e. The number of carbonyl (C=O) groups excluding carboxylic acids is 1. The third-order valence-corrected chi connectivity index (χ3v) is 3.27. The van der Waals surface area contributed by atoms with Crippen LogP contribution in [0.25, 0.3) is 0 Å². The molecule has 0 radical (unpaired) electrons. The molecule has 1 N–H and O–H groups in total. The SMILES string of the molecule is CC(=O)c1ccccc1OCC(O)CN1CCOCC1.Cl. The Labute approximate surface area is 131 Å². The van der Waals surface area contributed by atoms with Crippen molar-refractivity contribution in [2.45, 2.75) is 13.0 Å². The molecule has 1 aromatic rings. The summed E-state index contributed by atoms with van der Waals surface area (Å²) in [4.78, 5) is 13.6. The van der Waals surface area contributed by atoms with Crippen LogP contribution in [-0.2, 0) is 4.74 Å². The van der Waals surface area contributed by atoms with E-state index < -0.39 is 6.10 Å². The van der Waals surface area contributed by atoms with E-state index in [1.54, 1.807) is 18.2 Å². The highest BCUT2D eigenvalue weighted by Crippen LogP contribution is 2.18. The molecule has 0 bridgehead atoms. The summed E-state index contributed by atoms with van der Waals surface area (Å²) >= 11 is 0. The van der Waals surface area contributed by atoms with Crippen LogP contribution in [0.3, 0.4) is 0 Å². The van der Waals surface area contributed by atoms with Gasteiger partial charge in [0.05, 0.1) is 18.8 Å². The molecule has 1 aliphatic heterocycles. The molecule has 118 valence electrons. The minimum atomic E-state index is -0.576. The number of benzene rings is 1. The van der Waals surface area contributed by atoms with Crippen molar-refractivity contribution in [3.8, 4) is 5.75 Å². The minimum Gasteiger partial charge on any atom is -0.490 e. The van der Waals surface area contributed by atoms with Crippen molar-refractivity contribution in [3.05, 3.63) is 29.8 Å². The van der Waals surface area contributed by atoms with Gasteiger partial charge in [-0.3, -0.25) is 9.69 Å². The fraction of sp³-hybridized carbons (Fsp3) is 0.533. The molecule has 1 aliphatic rings. The monoisotopic (exact) mass is 315 g/mol. The number of ether oxygens (including phenoxy) is 2. The van der Waals surface area contributed by atoms with E-state index in [1.807, 2.05) is 6.07 Å². The standard InChI is InChI=1S/C15H21NO4.ClH/c1-12(17)14-4-2-3-5-15(14)20-11-13(18)10-16-6-8-19-9-7-16;/h2-5,13,18H,6-11H2,1H3;1H. The lowest BCUT2D eigenvalue weighted by Crippen LogP contribution is -2.42. The third kappa shape index (κ3) is 5.63. The van der Waals surface area contributed by atoms with Gasteiger partial charge in [0.25, 0.3) is 0 Å². The lowest BCUT2D eigenvalue weighted by Gasteiger charge is -2.28. The van der Waals surface area contributed by atoms with Gasteiger partial charge in [0.2, 0.25) is 0 Å². The van der Waals surface area contributed by atoms with Crippen LogP contribution in [0.15, 0.2) is 24.3 Å². The second-order valence-electron chi connectivity index (χ2n) is 4.93. The van der Waals surface area contributed by atoms with Gasteiger partial charge in [0, 0.05) is 19.6 Å². The number of aliphatic hydroxyl groups is 1. The first-order valence-corrected chi connectivity index (χ1v) is 6.88. The maximum atomic E-state index is 11.5. The number of nitrogens with zero attached hydrogens (tertiary/aromatic N) is 1. The van der Waals surface area contributed by atoms with Crippen molar-refractivity contribution in [3.63, 3.8) is 0 Å². The zero-order valence-electron chi connectivity index (χ0n) is 12.2. The molecule has 0 aromatic heterocycles. The topological polar surface area (TPSA) is 59.0 Å². The summed E-state index contributed by atoms with van der Waals surface area (Å²) in [5.41, 5.74) is 0.547. The molecule has 1 atom stereocenters. The molecule has 1 aromatic carbocycles. The summed E-state index contributed by atoms with van der Waals surface area (Å²) in [6, 6.07) is 7.09. The highest BCUT2D eigenvalue weighted by Gasteiger charge is 2.16. The van der Waals surface area contributed by atoms with E-state index in [0.717, 1.165) is 13.1 Å². The maximum Gasteiger partial charge on any atom is 0.163 e. The fourth-order valence-corrected chi connectivity index (χ4v) is 2.20. The molecular formula is C15H22ClNO4. The molecule has 0 amide bonds. The van der Waals surface area contributed by atoms with E-state index in [9.17, 15) is 9.90 Å². The summed E-state index contributed by atoms with van der Waals surface area (Å²) in [7, 11) is 0. The van der Waals surface area contributed by atoms with Crippen LogP contribution in [0.1, 0.15) is 17.3 Å². The Bertz CT molecular complexity index is 449. The first-order chi connectivity index (χ1) is 9.66. The van der Waals surface area contributed by atoms with Crippen LogP contribution in [-0.4, -0.2) is 61.3 Å². The molecule has 5 nitrogen and oxygen atoms in total. The second-order valence-corrected chi connectivity index (χ2v) is 4.93. The summed E-state index contributed by atoms with van der Waals surface area (Å²) in [6.07, 6.45) is -0.576. The molecule has 0 aliphatic carbocycles. The minimum absolute atomic E-state index is 0. The molecule has 1 heterocycles. The Morgan fingerprint density at radius 3 is 2.71 bits per heavy atom. The van der Waals surface area contributed by atoms with Crippen molar-refractivity contribution in [2.24, 2.45) is 0 Å².